The van der Waals surface area contributed by atoms with Gasteiger partial charge >= 0.3 is 0 Å². The second-order valence-corrected chi connectivity index (χ2v) is 6.22. The molecule has 7 heteroatoms. The van der Waals surface area contributed by atoms with Crippen LogP contribution < -0.4 is 0 Å². The van der Waals surface area contributed by atoms with Crippen LogP contribution in [0.2, 0.25) is 0 Å². The second kappa shape index (κ2) is 2.35. The van der Waals surface area contributed by atoms with Crippen LogP contribution in [0.5, 0.6) is 0 Å². The summed E-state index contributed by atoms with van der Waals surface area (Å²) >= 11 is 0. The Morgan fingerprint density at radius 2 is 2.00 bits per heavy atom. The first kappa shape index (κ1) is 8.28. The Labute approximate surface area is 62.2 Å². The zero-order valence-corrected chi connectivity index (χ0v) is 6.65. The van der Waals surface area contributed by atoms with Gasteiger partial charge in [0, 0.05) is 6.42 Å². The van der Waals surface area contributed by atoms with E-state index in [0.29, 0.717) is 0 Å². The van der Waals surface area contributed by atoms with Crippen molar-refractivity contribution in [2.24, 2.45) is 0 Å². The Hall–Kier alpha value is 0.180. The summed E-state index contributed by atoms with van der Waals surface area (Å²) < 4.78 is 19.3. The molecule has 0 spiro atoms. The van der Waals surface area contributed by atoms with Crippen molar-refractivity contribution in [1.29, 1.82) is 0 Å². The molecule has 0 amide bonds. The number of hydrogen-bond donors (Lipinski definition) is 0. The number of hydrogen-bond acceptors (Lipinski definition) is 5. The Morgan fingerprint density at radius 1 is 1.40 bits per heavy atom. The third-order valence-electron chi connectivity index (χ3n) is 1.05. The molecule has 1 fully saturated rings. The van der Waals surface area contributed by atoms with E-state index in [4.69, 9.17) is 0 Å². The zero-order chi connectivity index (χ0) is 7.83. The highest BCUT2D eigenvalue weighted by atomic mass is 33.1. The highest BCUT2D eigenvalue weighted by Gasteiger charge is 2.27. The smallest absolute Gasteiger partial charge is 0.254 e. The maximum Gasteiger partial charge on any atom is 0.254 e. The summed E-state index contributed by atoms with van der Waals surface area (Å²) in [6.45, 7) is -0.163. The molecule has 0 unspecified atom stereocenters. The largest absolute Gasteiger partial charge is 0.618 e. The van der Waals surface area contributed by atoms with Gasteiger partial charge in [-0.3, -0.25) is 0 Å². The molecule has 0 aliphatic carbocycles. The molecule has 0 radical (unpaired) electrons. The lowest BCUT2D eigenvalue weighted by Gasteiger charge is -2.44. The van der Waals surface area contributed by atoms with Crippen LogP contribution in [-0.4, -0.2) is 24.9 Å². The van der Waals surface area contributed by atoms with E-state index in [2.05, 4.69) is 0 Å². The molecule has 0 aromatic carbocycles. The van der Waals surface area contributed by atoms with Crippen molar-refractivity contribution >= 4 is 19.8 Å². The number of nitrogens with zero attached hydrogens (tertiary/aromatic N) is 1. The van der Waals surface area contributed by atoms with Gasteiger partial charge in [0.25, 0.3) is 8.87 Å². The highest BCUT2D eigenvalue weighted by molar-refractivity contribution is 8.69. The van der Waals surface area contributed by atoms with Crippen LogP contribution in [0.3, 0.4) is 0 Å². The molecule has 0 saturated carbocycles. The molecule has 1 aliphatic rings. The van der Waals surface area contributed by atoms with Crippen molar-refractivity contribution in [3.63, 3.8) is 0 Å². The van der Waals surface area contributed by atoms with Crippen LogP contribution in [0, 0.1) is 10.4 Å². The minimum atomic E-state index is -3.43. The lowest BCUT2D eigenvalue weighted by atomic mass is 10.5. The minimum Gasteiger partial charge on any atom is -0.618 e. The fourth-order valence-electron chi connectivity index (χ4n) is 0.683. The number of quaternary nitrogens is 1. The molecule has 1 rings (SSSR count). The summed E-state index contributed by atoms with van der Waals surface area (Å²) in [5, 5.41) is 21.0. The van der Waals surface area contributed by atoms with E-state index in [1.54, 1.807) is 0 Å². The average Bonchev–Trinajstić information content (AvgIpc) is 1.56. The molecule has 5 nitrogen and oxygen atoms in total. The molecule has 0 aromatic rings. The summed E-state index contributed by atoms with van der Waals surface area (Å²) in [6, 6.07) is 0. The van der Waals surface area contributed by atoms with Crippen molar-refractivity contribution in [3.8, 4) is 0 Å². The van der Waals surface area contributed by atoms with Crippen molar-refractivity contribution in [1.82, 2.24) is 0 Å². The van der Waals surface area contributed by atoms with Crippen LogP contribution >= 0.6 is 11.0 Å². The summed E-state index contributed by atoms with van der Waals surface area (Å²) in [7, 11) is -3.48. The third kappa shape index (κ3) is 2.10. The fraction of sp³-hybridized carbons (Fsp3) is 1.00. The Kier molecular flexibility index (Phi) is 1.94. The molecule has 0 bridgehead atoms. The van der Waals surface area contributed by atoms with E-state index < -0.39 is 13.1 Å². The molecule has 0 N–H and O–H groups in total. The van der Waals surface area contributed by atoms with Gasteiger partial charge in [-0.1, -0.05) is 0 Å². The number of rotatable bonds is 0. The molecule has 0 aromatic heterocycles. The Bertz CT molecular complexity index is 221. The molecule has 0 atom stereocenters. The van der Waals surface area contributed by atoms with Crippen LogP contribution in [-0.2, 0) is 8.87 Å². The van der Waals surface area contributed by atoms with Gasteiger partial charge in [0.15, 0.2) is 0 Å². The molecular formula is C3H6NO4S2-. The third-order valence-corrected chi connectivity index (χ3v) is 4.34. The van der Waals surface area contributed by atoms with Gasteiger partial charge in [-0.2, -0.15) is 0 Å². The van der Waals surface area contributed by atoms with Crippen LogP contribution in [0.25, 0.3) is 0 Å². The van der Waals surface area contributed by atoms with Crippen LogP contribution in [0.15, 0.2) is 0 Å². The van der Waals surface area contributed by atoms with Crippen molar-refractivity contribution < 1.29 is 12.6 Å². The topological polar surface area (TPSA) is 80.3 Å². The van der Waals surface area contributed by atoms with Crippen molar-refractivity contribution in [2.75, 3.05) is 12.3 Å². The van der Waals surface area contributed by atoms with Crippen LogP contribution in [0.4, 0.5) is 0 Å². The van der Waals surface area contributed by atoms with Gasteiger partial charge in [-0.15, -0.1) is 0 Å². The maximum absolute atomic E-state index is 10.6. The first-order valence-electron chi connectivity index (χ1n) is 2.65. The summed E-state index contributed by atoms with van der Waals surface area (Å²) in [4.78, 5) is 0. The van der Waals surface area contributed by atoms with E-state index in [0.717, 1.165) is 0 Å². The quantitative estimate of drug-likeness (QED) is 0.232. The average molecular weight is 184 g/mol. The van der Waals surface area contributed by atoms with E-state index in [9.17, 15) is 18.8 Å². The van der Waals surface area contributed by atoms with Gasteiger partial charge in [-0.05, 0) is 0 Å². The van der Waals surface area contributed by atoms with Gasteiger partial charge in [-0.25, -0.2) is 8.42 Å². The van der Waals surface area contributed by atoms with Crippen molar-refractivity contribution in [2.45, 2.75) is 6.42 Å². The van der Waals surface area contributed by atoms with E-state index in [1.807, 2.05) is 0 Å². The predicted molar refractivity (Wildman–Crippen MR) is 37.9 cm³/mol. The molecular weight excluding hydrogens is 178 g/mol. The molecule has 60 valence electrons. The molecule has 1 aliphatic heterocycles. The standard InChI is InChI=1S/C3H6NO4S2/c5-4(6)2-1-3-10(7,8)9-4/h1-3H2/q-1. The monoisotopic (exact) mass is 184 g/mol. The van der Waals surface area contributed by atoms with Gasteiger partial charge in [0.05, 0.1) is 12.3 Å². The highest BCUT2D eigenvalue weighted by Crippen LogP contribution is 2.31. The summed E-state index contributed by atoms with van der Waals surface area (Å²) in [6.07, 6.45) is 0.169. The molecule has 10 heavy (non-hydrogen) atoms. The predicted octanol–water partition coefficient (Wildman–Crippen LogP) is 0.181. The Balaban J connectivity index is 2.75. The minimum absolute atomic E-state index is 0.0534. The normalized spacial score (nSPS) is 29.8. The van der Waals surface area contributed by atoms with Gasteiger partial charge in [0.2, 0.25) is 11.0 Å². The first-order chi connectivity index (χ1) is 4.41. The summed E-state index contributed by atoms with van der Waals surface area (Å²) in [5.74, 6) is -0.0534. The molecule has 1 heterocycles. The van der Waals surface area contributed by atoms with Gasteiger partial charge < -0.3 is 14.6 Å². The summed E-state index contributed by atoms with van der Waals surface area (Å²) in [5.41, 5.74) is 0. The zero-order valence-electron chi connectivity index (χ0n) is 5.02. The molecule has 1 saturated heterocycles. The Morgan fingerprint density at radius 3 is 2.30 bits per heavy atom. The number of hydroxylamine groups is 2. The SMILES string of the molecule is O=S1(=O)CCC[N+]([O-])([O-])S1. The fourth-order valence-corrected chi connectivity index (χ4v) is 3.63. The maximum atomic E-state index is 10.6. The van der Waals surface area contributed by atoms with Gasteiger partial charge in [0.1, 0.15) is 0 Å². The van der Waals surface area contributed by atoms with E-state index in [1.165, 1.54) is 0 Å². The second-order valence-electron chi connectivity index (χ2n) is 2.02. The lowest BCUT2D eigenvalue weighted by Crippen LogP contribution is -2.35. The van der Waals surface area contributed by atoms with Crippen molar-refractivity contribution in [3.05, 3.63) is 10.4 Å². The van der Waals surface area contributed by atoms with E-state index >= 15 is 0 Å². The lowest BCUT2D eigenvalue weighted by molar-refractivity contribution is -0.681. The first-order valence-corrected chi connectivity index (χ1v) is 5.60. The van der Waals surface area contributed by atoms with E-state index in [-0.39, 0.29) is 29.7 Å². The van der Waals surface area contributed by atoms with Crippen LogP contribution in [0.1, 0.15) is 6.42 Å².